The molecule has 1 aliphatic rings. The third-order valence-corrected chi connectivity index (χ3v) is 3.34. The number of amides is 1. The number of carbonyl (C=O) groups excluding carboxylic acids is 1. The van der Waals surface area contributed by atoms with Crippen LogP contribution in [0, 0.1) is 0 Å². The van der Waals surface area contributed by atoms with Gasteiger partial charge in [0.2, 0.25) is 5.91 Å². The SMILES string of the molecule is CN(C)C(=NCC(=O)N1CCc2ccccc21)N(C)C.I. The van der Waals surface area contributed by atoms with E-state index in [2.05, 4.69) is 11.1 Å². The minimum absolute atomic E-state index is 0. The zero-order valence-corrected chi connectivity index (χ0v) is 15.4. The lowest BCUT2D eigenvalue weighted by Crippen LogP contribution is -2.37. The normalized spacial score (nSPS) is 12.3. The molecule has 1 amide bonds. The molecule has 0 unspecified atom stereocenters. The number of anilines is 1. The average molecular weight is 402 g/mol. The molecule has 0 fully saturated rings. The molecule has 0 saturated carbocycles. The lowest BCUT2D eigenvalue weighted by atomic mass is 10.2. The van der Waals surface area contributed by atoms with E-state index >= 15 is 0 Å². The number of fused-ring (bicyclic) bond motifs is 1. The Balaban J connectivity index is 0.00000220. The van der Waals surface area contributed by atoms with E-state index < -0.39 is 0 Å². The maximum Gasteiger partial charge on any atom is 0.248 e. The number of halogens is 1. The lowest BCUT2D eigenvalue weighted by Gasteiger charge is -2.23. The van der Waals surface area contributed by atoms with Gasteiger partial charge in [-0.2, -0.15) is 0 Å². The first-order chi connectivity index (χ1) is 9.50. The summed E-state index contributed by atoms with van der Waals surface area (Å²) in [6, 6.07) is 8.07. The summed E-state index contributed by atoms with van der Waals surface area (Å²) in [7, 11) is 7.70. The van der Waals surface area contributed by atoms with Crippen molar-refractivity contribution in [3.63, 3.8) is 0 Å². The van der Waals surface area contributed by atoms with E-state index in [1.807, 2.05) is 61.1 Å². The molecule has 0 saturated heterocycles. The monoisotopic (exact) mass is 402 g/mol. The highest BCUT2D eigenvalue weighted by atomic mass is 127. The standard InChI is InChI=1S/C15H22N4O.HI/c1-17(2)15(18(3)4)16-11-14(20)19-10-9-12-7-5-6-8-13(12)19;/h5-8H,9-11H2,1-4H3;1H. The van der Waals surface area contributed by atoms with Gasteiger partial charge in [-0.25, -0.2) is 4.99 Å². The first-order valence-electron chi connectivity index (χ1n) is 6.78. The van der Waals surface area contributed by atoms with Crippen LogP contribution in [-0.4, -0.2) is 62.9 Å². The maximum atomic E-state index is 12.3. The van der Waals surface area contributed by atoms with Crippen LogP contribution in [0.25, 0.3) is 0 Å². The van der Waals surface area contributed by atoms with E-state index in [9.17, 15) is 4.79 Å². The van der Waals surface area contributed by atoms with Gasteiger partial charge in [-0.15, -0.1) is 24.0 Å². The Morgan fingerprint density at radius 3 is 2.43 bits per heavy atom. The zero-order valence-electron chi connectivity index (χ0n) is 13.0. The quantitative estimate of drug-likeness (QED) is 0.429. The van der Waals surface area contributed by atoms with Crippen molar-refractivity contribution in [2.24, 2.45) is 4.99 Å². The summed E-state index contributed by atoms with van der Waals surface area (Å²) in [4.78, 5) is 22.4. The van der Waals surface area contributed by atoms with Gasteiger partial charge >= 0.3 is 0 Å². The van der Waals surface area contributed by atoms with Crippen LogP contribution in [0.1, 0.15) is 5.56 Å². The van der Waals surface area contributed by atoms with Gasteiger partial charge in [0.25, 0.3) is 0 Å². The number of guanidine groups is 1. The van der Waals surface area contributed by atoms with E-state index in [4.69, 9.17) is 0 Å². The summed E-state index contributed by atoms with van der Waals surface area (Å²) in [5.74, 6) is 0.849. The second-order valence-corrected chi connectivity index (χ2v) is 5.33. The van der Waals surface area contributed by atoms with E-state index in [1.165, 1.54) is 5.56 Å². The smallest absolute Gasteiger partial charge is 0.248 e. The Hall–Kier alpha value is -1.31. The van der Waals surface area contributed by atoms with E-state index in [-0.39, 0.29) is 36.4 Å². The van der Waals surface area contributed by atoms with Crippen LogP contribution in [-0.2, 0) is 11.2 Å². The predicted octanol–water partition coefficient (Wildman–Crippen LogP) is 1.67. The van der Waals surface area contributed by atoms with Gasteiger partial charge in [0.15, 0.2) is 5.96 Å². The average Bonchev–Trinajstić information content (AvgIpc) is 2.81. The van der Waals surface area contributed by atoms with Crippen molar-refractivity contribution in [3.8, 4) is 0 Å². The van der Waals surface area contributed by atoms with Crippen molar-refractivity contribution in [1.82, 2.24) is 9.80 Å². The van der Waals surface area contributed by atoms with Gasteiger partial charge in [-0.05, 0) is 18.1 Å². The van der Waals surface area contributed by atoms with E-state index in [0.717, 1.165) is 24.6 Å². The van der Waals surface area contributed by atoms with Crippen molar-refractivity contribution < 1.29 is 4.79 Å². The van der Waals surface area contributed by atoms with Crippen molar-refractivity contribution in [3.05, 3.63) is 29.8 Å². The highest BCUT2D eigenvalue weighted by Crippen LogP contribution is 2.27. The molecule has 1 aromatic carbocycles. The van der Waals surface area contributed by atoms with Crippen molar-refractivity contribution in [2.45, 2.75) is 6.42 Å². The first kappa shape index (κ1) is 17.7. The molecule has 2 rings (SSSR count). The van der Waals surface area contributed by atoms with Crippen molar-refractivity contribution >= 4 is 41.5 Å². The number of benzene rings is 1. The van der Waals surface area contributed by atoms with Gasteiger partial charge in [0.1, 0.15) is 6.54 Å². The number of nitrogens with zero attached hydrogens (tertiary/aromatic N) is 4. The molecule has 1 aromatic rings. The molecular weight excluding hydrogens is 379 g/mol. The van der Waals surface area contributed by atoms with Crippen molar-refractivity contribution in [2.75, 3.05) is 46.2 Å². The fraction of sp³-hybridized carbons (Fsp3) is 0.467. The minimum Gasteiger partial charge on any atom is -0.349 e. The fourth-order valence-corrected chi connectivity index (χ4v) is 2.50. The fourth-order valence-electron chi connectivity index (χ4n) is 2.50. The number of rotatable bonds is 2. The molecule has 21 heavy (non-hydrogen) atoms. The van der Waals surface area contributed by atoms with E-state index in [0.29, 0.717) is 0 Å². The van der Waals surface area contributed by atoms with Crippen LogP contribution in [0.5, 0.6) is 0 Å². The Labute approximate surface area is 143 Å². The van der Waals surface area contributed by atoms with Gasteiger partial charge in [0, 0.05) is 40.4 Å². The largest absolute Gasteiger partial charge is 0.349 e. The third-order valence-electron chi connectivity index (χ3n) is 3.34. The highest BCUT2D eigenvalue weighted by molar-refractivity contribution is 14.0. The number of hydrogen-bond donors (Lipinski definition) is 0. The van der Waals surface area contributed by atoms with Gasteiger partial charge in [0.05, 0.1) is 0 Å². The molecular formula is C15H23IN4O. The second kappa shape index (κ2) is 7.63. The molecule has 0 aliphatic carbocycles. The molecule has 116 valence electrons. The van der Waals surface area contributed by atoms with Crippen LogP contribution in [0.4, 0.5) is 5.69 Å². The van der Waals surface area contributed by atoms with Crippen LogP contribution < -0.4 is 4.90 Å². The third kappa shape index (κ3) is 4.09. The summed E-state index contributed by atoms with van der Waals surface area (Å²) in [6.45, 7) is 0.937. The number of hydrogen-bond acceptors (Lipinski definition) is 2. The zero-order chi connectivity index (χ0) is 14.7. The highest BCUT2D eigenvalue weighted by Gasteiger charge is 2.23. The molecule has 0 atom stereocenters. The lowest BCUT2D eigenvalue weighted by molar-refractivity contribution is -0.117. The second-order valence-electron chi connectivity index (χ2n) is 5.33. The molecule has 0 radical (unpaired) electrons. The number of carbonyl (C=O) groups is 1. The molecule has 6 heteroatoms. The Kier molecular flexibility index (Phi) is 6.44. The molecule has 1 heterocycles. The summed E-state index contributed by atoms with van der Waals surface area (Å²) < 4.78 is 0. The van der Waals surface area contributed by atoms with Crippen LogP contribution in [0.2, 0.25) is 0 Å². The predicted molar refractivity (Wildman–Crippen MR) is 97.6 cm³/mol. The topological polar surface area (TPSA) is 39.2 Å². The summed E-state index contributed by atoms with van der Waals surface area (Å²) in [5, 5.41) is 0. The Morgan fingerprint density at radius 2 is 1.81 bits per heavy atom. The van der Waals surface area contributed by atoms with Crippen LogP contribution in [0.3, 0.4) is 0 Å². The number of para-hydroxylation sites is 1. The van der Waals surface area contributed by atoms with Gasteiger partial charge < -0.3 is 14.7 Å². The summed E-state index contributed by atoms with van der Waals surface area (Å²) in [5.41, 5.74) is 2.27. The summed E-state index contributed by atoms with van der Waals surface area (Å²) >= 11 is 0. The molecule has 0 spiro atoms. The maximum absolute atomic E-state index is 12.3. The minimum atomic E-state index is 0. The van der Waals surface area contributed by atoms with Gasteiger partial charge in [-0.1, -0.05) is 18.2 Å². The van der Waals surface area contributed by atoms with E-state index in [1.54, 1.807) is 0 Å². The summed E-state index contributed by atoms with van der Waals surface area (Å²) in [6.07, 6.45) is 0.930. The van der Waals surface area contributed by atoms with Crippen LogP contribution in [0.15, 0.2) is 29.3 Å². The molecule has 5 nitrogen and oxygen atoms in total. The molecule has 0 N–H and O–H groups in total. The molecule has 0 bridgehead atoms. The Bertz CT molecular complexity index is 518. The van der Waals surface area contributed by atoms with Gasteiger partial charge in [-0.3, -0.25) is 4.79 Å². The first-order valence-corrected chi connectivity index (χ1v) is 6.78. The Morgan fingerprint density at radius 1 is 1.19 bits per heavy atom. The van der Waals surface area contributed by atoms with Crippen molar-refractivity contribution in [1.29, 1.82) is 0 Å². The number of aliphatic imine (C=N–C) groups is 1. The van der Waals surface area contributed by atoms with Crippen LogP contribution >= 0.6 is 24.0 Å². The molecule has 0 aromatic heterocycles. The molecule has 1 aliphatic heterocycles.